The number of aromatic nitrogens is 7. The summed E-state index contributed by atoms with van der Waals surface area (Å²) in [5, 5.41) is 0.602. The van der Waals surface area contributed by atoms with E-state index in [0.717, 1.165) is 9.37 Å². The molecule has 6 rings (SSSR count). The molecule has 0 atom stereocenters. The number of allylic oxidation sites excluding steroid dienone is 2. The van der Waals surface area contributed by atoms with Gasteiger partial charge < -0.3 is 20.2 Å². The summed E-state index contributed by atoms with van der Waals surface area (Å²) < 4.78 is 17.6. The van der Waals surface area contributed by atoms with Crippen molar-refractivity contribution < 1.29 is 14.0 Å². The van der Waals surface area contributed by atoms with E-state index in [-0.39, 0.29) is 24.7 Å². The van der Waals surface area contributed by atoms with Gasteiger partial charge in [-0.2, -0.15) is 0 Å². The molecule has 0 bridgehead atoms. The first-order valence-electron chi connectivity index (χ1n) is 10.4. The number of nitrogens with one attached hydrogen (secondary N) is 1. The predicted molar refractivity (Wildman–Crippen MR) is 125 cm³/mol. The molecule has 5 heterocycles. The number of halogens is 1. The summed E-state index contributed by atoms with van der Waals surface area (Å²) in [6.45, 7) is 1.46. The second kappa shape index (κ2) is 8.06. The number of benzene rings is 1. The largest absolute Gasteiger partial charge is 0.454 e. The zero-order valence-corrected chi connectivity index (χ0v) is 20.0. The van der Waals surface area contributed by atoms with Crippen molar-refractivity contribution in [2.75, 3.05) is 12.5 Å². The summed E-state index contributed by atoms with van der Waals surface area (Å²) in [6, 6.07) is 3.73. The first-order chi connectivity index (χ1) is 16.5. The van der Waals surface area contributed by atoms with Crippen LogP contribution in [0.4, 0.5) is 5.82 Å². The molecule has 0 fully saturated rings. The Morgan fingerprint density at radius 2 is 1.85 bits per heavy atom. The second-order valence-corrected chi connectivity index (χ2v) is 9.54. The van der Waals surface area contributed by atoms with Crippen molar-refractivity contribution in [2.24, 2.45) is 0 Å². The van der Waals surface area contributed by atoms with E-state index in [1.807, 2.05) is 24.3 Å². The maximum Gasteiger partial charge on any atom is 0.347 e. The first kappa shape index (κ1) is 21.0. The highest BCUT2D eigenvalue weighted by Crippen LogP contribution is 2.42. The molecule has 4 aromatic rings. The summed E-state index contributed by atoms with van der Waals surface area (Å²) >= 11 is 4.95. The molecule has 3 N–H and O–H groups in total. The Labute approximate surface area is 203 Å². The Balaban J connectivity index is 1.30. The highest BCUT2D eigenvalue weighted by molar-refractivity contribution is 9.10. The van der Waals surface area contributed by atoms with Gasteiger partial charge in [-0.1, -0.05) is 22.1 Å². The number of hydrogen-bond donors (Lipinski definition) is 2. The Morgan fingerprint density at radius 1 is 1.15 bits per heavy atom. The minimum Gasteiger partial charge on any atom is -0.454 e. The van der Waals surface area contributed by atoms with Crippen molar-refractivity contribution in [3.05, 3.63) is 56.1 Å². The number of aromatic amines is 1. The van der Waals surface area contributed by atoms with Gasteiger partial charge in [-0.25, -0.2) is 28.1 Å². The SMILES string of the molecule is Nc1nc[n+](CCn2c(=O)n3n(c2=O)CC=CC3)c2nc(Sc3cc4c(cc3Br)OCO4)[nH]c12. The average molecular weight is 546 g/mol. The van der Waals surface area contributed by atoms with Gasteiger partial charge >= 0.3 is 11.4 Å². The first-order valence-corrected chi connectivity index (χ1v) is 12.0. The van der Waals surface area contributed by atoms with Crippen LogP contribution in [0.15, 0.2) is 54.7 Å². The topological polar surface area (TPSA) is 139 Å². The number of imidazole rings is 1. The molecule has 0 saturated heterocycles. The van der Waals surface area contributed by atoms with Crippen LogP contribution in [-0.4, -0.2) is 35.7 Å². The fraction of sp³-hybridized carbons (Fsp3) is 0.250. The number of H-pyrrole nitrogens is 1. The summed E-state index contributed by atoms with van der Waals surface area (Å²) in [5.74, 6) is 1.65. The summed E-state index contributed by atoms with van der Waals surface area (Å²) in [5.41, 5.74) is 6.57. The number of aryl methyl sites for hydroxylation is 1. The van der Waals surface area contributed by atoms with Gasteiger partial charge in [-0.3, -0.25) is 0 Å². The van der Waals surface area contributed by atoms with E-state index >= 15 is 0 Å². The van der Waals surface area contributed by atoms with E-state index in [0.29, 0.717) is 53.3 Å². The minimum absolute atomic E-state index is 0.180. The number of nitrogens with zero attached hydrogens (tertiary/aromatic N) is 6. The lowest BCUT2D eigenvalue weighted by Crippen LogP contribution is -2.41. The number of nitrogens with two attached hydrogens (primary N) is 1. The second-order valence-electron chi connectivity index (χ2n) is 7.65. The third kappa shape index (κ3) is 3.40. The van der Waals surface area contributed by atoms with Crippen LogP contribution < -0.4 is 31.2 Å². The van der Waals surface area contributed by atoms with Crippen LogP contribution in [0, 0.1) is 0 Å². The standard InChI is InChI=1S/C20H17BrN8O4S/c21-11-7-12-13(33-10-32-12)8-14(11)34-18-24-15-16(22)23-9-26(17(15)25-18)5-6-27-19(30)28-3-1-2-4-29(28)20(27)31/h1-2,7-9H,3-6,10H2,(H2,22,24,25)/p+1. The van der Waals surface area contributed by atoms with Gasteiger partial charge in [-0.15, -0.1) is 0 Å². The summed E-state index contributed by atoms with van der Waals surface area (Å²) in [6.07, 6.45) is 5.30. The number of anilines is 1. The molecule has 14 heteroatoms. The molecule has 0 unspecified atom stereocenters. The molecule has 174 valence electrons. The quantitative estimate of drug-likeness (QED) is 0.278. The Kier molecular flexibility index (Phi) is 4.99. The van der Waals surface area contributed by atoms with Crippen LogP contribution in [0.1, 0.15) is 0 Å². The maximum atomic E-state index is 12.7. The molecule has 2 aliphatic rings. The van der Waals surface area contributed by atoms with Crippen molar-refractivity contribution in [2.45, 2.75) is 36.2 Å². The normalized spacial score (nSPS) is 14.1. The van der Waals surface area contributed by atoms with Gasteiger partial charge in [0.15, 0.2) is 17.0 Å². The van der Waals surface area contributed by atoms with Gasteiger partial charge in [0.05, 0.1) is 26.2 Å². The minimum atomic E-state index is -0.333. The van der Waals surface area contributed by atoms with E-state index < -0.39 is 0 Å². The van der Waals surface area contributed by atoms with Crippen LogP contribution in [0.5, 0.6) is 11.5 Å². The molecule has 0 radical (unpaired) electrons. The molecule has 0 saturated carbocycles. The zero-order valence-electron chi connectivity index (χ0n) is 17.6. The van der Waals surface area contributed by atoms with Gasteiger partial charge in [-0.05, 0) is 39.8 Å². The van der Waals surface area contributed by atoms with Crippen molar-refractivity contribution in [1.82, 2.24) is 28.9 Å². The fourth-order valence-electron chi connectivity index (χ4n) is 3.94. The lowest BCUT2D eigenvalue weighted by molar-refractivity contribution is -0.677. The monoisotopic (exact) mass is 545 g/mol. The van der Waals surface area contributed by atoms with Crippen molar-refractivity contribution in [1.29, 1.82) is 0 Å². The van der Waals surface area contributed by atoms with Crippen molar-refractivity contribution >= 4 is 44.7 Å². The fourth-order valence-corrected chi connectivity index (χ4v) is 5.32. The molecule has 0 amide bonds. The maximum absolute atomic E-state index is 12.7. The van der Waals surface area contributed by atoms with Gasteiger partial charge in [0.2, 0.25) is 24.1 Å². The van der Waals surface area contributed by atoms with E-state index in [4.69, 9.17) is 20.2 Å². The van der Waals surface area contributed by atoms with Gasteiger partial charge in [0.25, 0.3) is 5.65 Å². The molecule has 0 aliphatic carbocycles. The third-order valence-electron chi connectivity index (χ3n) is 5.64. The van der Waals surface area contributed by atoms with Crippen molar-refractivity contribution in [3.63, 3.8) is 0 Å². The number of fused-ring (bicyclic) bond motifs is 3. The predicted octanol–water partition coefficient (Wildman–Crippen LogP) is 0.865. The van der Waals surface area contributed by atoms with E-state index in [1.54, 1.807) is 10.9 Å². The lowest BCUT2D eigenvalue weighted by atomic mass is 10.3. The molecule has 0 spiro atoms. The van der Waals surface area contributed by atoms with Crippen LogP contribution in [0.25, 0.3) is 11.2 Å². The van der Waals surface area contributed by atoms with Gasteiger partial charge in [0.1, 0.15) is 0 Å². The Morgan fingerprint density at radius 3 is 2.59 bits per heavy atom. The lowest BCUT2D eigenvalue weighted by Gasteiger charge is -2.08. The van der Waals surface area contributed by atoms with Crippen LogP contribution >= 0.6 is 27.7 Å². The molecule has 3 aromatic heterocycles. The molecule has 2 aliphatic heterocycles. The average Bonchev–Trinajstić information content (AvgIpc) is 3.52. The highest BCUT2D eigenvalue weighted by Gasteiger charge is 2.23. The van der Waals surface area contributed by atoms with E-state index in [2.05, 4.69) is 25.9 Å². The molecular formula is C20H18BrN8O4S+. The summed E-state index contributed by atoms with van der Waals surface area (Å²) in [7, 11) is 0. The smallest absolute Gasteiger partial charge is 0.347 e. The van der Waals surface area contributed by atoms with Gasteiger partial charge in [0, 0.05) is 9.37 Å². The van der Waals surface area contributed by atoms with Crippen molar-refractivity contribution in [3.8, 4) is 11.5 Å². The number of rotatable bonds is 5. The van der Waals surface area contributed by atoms with E-state index in [9.17, 15) is 9.59 Å². The summed E-state index contributed by atoms with van der Waals surface area (Å²) in [4.78, 5) is 38.4. The van der Waals surface area contributed by atoms with E-state index in [1.165, 1.54) is 25.7 Å². The zero-order chi connectivity index (χ0) is 23.4. The molecule has 1 aromatic carbocycles. The molecule has 12 nitrogen and oxygen atoms in total. The highest BCUT2D eigenvalue weighted by atomic mass is 79.9. The molecular weight excluding hydrogens is 528 g/mol. The third-order valence-corrected chi connectivity index (χ3v) is 7.51. The number of ether oxygens (including phenoxy) is 2. The number of nitrogen functional groups attached to an aromatic ring is 1. The Bertz CT molecular complexity index is 1560. The molecule has 34 heavy (non-hydrogen) atoms. The van der Waals surface area contributed by atoms with Crippen LogP contribution in [-0.2, 0) is 26.2 Å². The number of hydrogen-bond acceptors (Lipinski definition) is 8. The van der Waals surface area contributed by atoms with Crippen LogP contribution in [0.3, 0.4) is 0 Å². The van der Waals surface area contributed by atoms with Crippen LogP contribution in [0.2, 0.25) is 0 Å². The Hall–Kier alpha value is -3.52.